The van der Waals surface area contributed by atoms with E-state index < -0.39 is 0 Å². The molecule has 1 aromatic carbocycles. The Bertz CT molecular complexity index is 549. The molecule has 0 heterocycles. The minimum absolute atomic E-state index is 0.0877. The van der Waals surface area contributed by atoms with E-state index >= 15 is 0 Å². The summed E-state index contributed by atoms with van der Waals surface area (Å²) >= 11 is 0. The molecular weight excluding hydrogens is 236 g/mol. The van der Waals surface area contributed by atoms with Crippen LogP contribution in [0.25, 0.3) is 0 Å². The highest BCUT2D eigenvalue weighted by Crippen LogP contribution is 2.31. The molecule has 1 aliphatic rings. The normalized spacial score (nSPS) is 16.1. The number of hydrogen-bond donors (Lipinski definition) is 1. The van der Waals surface area contributed by atoms with E-state index in [1.807, 2.05) is 19.9 Å². The van der Waals surface area contributed by atoms with Crippen LogP contribution in [0, 0.1) is 31.1 Å². The van der Waals surface area contributed by atoms with Crippen LogP contribution >= 0.6 is 0 Å². The van der Waals surface area contributed by atoms with Crippen LogP contribution in [0.4, 0.5) is 5.69 Å². The Morgan fingerprint density at radius 3 is 2.53 bits per heavy atom. The number of ketones is 1. The van der Waals surface area contributed by atoms with Crippen LogP contribution in [0.2, 0.25) is 0 Å². The molecule has 3 heteroatoms. The molecule has 0 aromatic heterocycles. The van der Waals surface area contributed by atoms with Gasteiger partial charge >= 0.3 is 0 Å². The first-order valence-electron chi connectivity index (χ1n) is 6.90. The smallest absolute Gasteiger partial charge is 0.168 e. The highest BCUT2D eigenvalue weighted by atomic mass is 16.1. The number of Topliss-reactive ketones (excluding diaryl/α,β-unsaturated/α-hetero) is 1. The van der Waals surface area contributed by atoms with Gasteiger partial charge in [0, 0.05) is 11.5 Å². The Kier molecular flexibility index (Phi) is 3.90. The predicted octanol–water partition coefficient (Wildman–Crippen LogP) is 3.52. The van der Waals surface area contributed by atoms with Crippen molar-refractivity contribution in [1.29, 1.82) is 5.26 Å². The number of aryl methyl sites for hydroxylation is 1. The summed E-state index contributed by atoms with van der Waals surface area (Å²) in [5.41, 5.74) is 9.23. The average molecular weight is 256 g/mol. The summed E-state index contributed by atoms with van der Waals surface area (Å²) in [7, 11) is 0. The van der Waals surface area contributed by atoms with E-state index in [9.17, 15) is 10.1 Å². The Balaban J connectivity index is 2.42. The van der Waals surface area contributed by atoms with Crippen molar-refractivity contribution in [2.45, 2.75) is 46.0 Å². The monoisotopic (exact) mass is 256 g/mol. The second kappa shape index (κ2) is 5.44. The number of anilines is 1. The number of carbonyl (C=O) groups excluding carboxylic acids is 1. The molecule has 1 aliphatic carbocycles. The molecule has 1 aromatic rings. The second-order valence-corrected chi connectivity index (χ2v) is 5.47. The Hall–Kier alpha value is -1.82. The summed E-state index contributed by atoms with van der Waals surface area (Å²) < 4.78 is 0. The molecule has 19 heavy (non-hydrogen) atoms. The summed E-state index contributed by atoms with van der Waals surface area (Å²) in [4.78, 5) is 12.6. The first kappa shape index (κ1) is 13.6. The fourth-order valence-electron chi connectivity index (χ4n) is 2.87. The number of nitrogens with two attached hydrogens (primary N) is 1. The van der Waals surface area contributed by atoms with Crippen molar-refractivity contribution in [3.05, 3.63) is 28.3 Å². The Labute approximate surface area is 114 Å². The molecule has 0 aliphatic heterocycles. The summed E-state index contributed by atoms with van der Waals surface area (Å²) in [6.45, 7) is 3.80. The van der Waals surface area contributed by atoms with E-state index in [-0.39, 0.29) is 11.7 Å². The summed E-state index contributed by atoms with van der Waals surface area (Å²) in [5.74, 6) is 0.210. The maximum atomic E-state index is 12.6. The van der Waals surface area contributed by atoms with Gasteiger partial charge in [0.05, 0.1) is 11.3 Å². The quantitative estimate of drug-likeness (QED) is 0.650. The van der Waals surface area contributed by atoms with Crippen molar-refractivity contribution in [2.24, 2.45) is 5.92 Å². The molecular formula is C16H20N2O. The van der Waals surface area contributed by atoms with Gasteiger partial charge in [0.25, 0.3) is 0 Å². The van der Waals surface area contributed by atoms with Crippen LogP contribution < -0.4 is 5.73 Å². The van der Waals surface area contributed by atoms with Gasteiger partial charge in [-0.25, -0.2) is 0 Å². The molecule has 2 N–H and O–H groups in total. The Morgan fingerprint density at radius 1 is 1.32 bits per heavy atom. The first-order chi connectivity index (χ1) is 9.06. The largest absolute Gasteiger partial charge is 0.397 e. The standard InChI is InChI=1S/C16H20N2O/c1-10-8-13(15(18)14(9-17)11(10)2)16(19)12-6-4-3-5-7-12/h8,12H,3-7,18H2,1-2H3. The molecule has 100 valence electrons. The third-order valence-electron chi connectivity index (χ3n) is 4.24. The van der Waals surface area contributed by atoms with Gasteiger partial charge in [-0.2, -0.15) is 5.26 Å². The molecule has 0 atom stereocenters. The fraction of sp³-hybridized carbons (Fsp3) is 0.500. The van der Waals surface area contributed by atoms with Crippen LogP contribution in [0.1, 0.15) is 59.2 Å². The van der Waals surface area contributed by atoms with Crippen molar-refractivity contribution in [1.82, 2.24) is 0 Å². The molecule has 0 radical (unpaired) electrons. The van der Waals surface area contributed by atoms with E-state index in [1.54, 1.807) is 0 Å². The van der Waals surface area contributed by atoms with Gasteiger partial charge in [0.1, 0.15) is 6.07 Å². The maximum Gasteiger partial charge on any atom is 0.168 e. The summed E-state index contributed by atoms with van der Waals surface area (Å²) in [6, 6.07) is 3.97. The molecule has 0 bridgehead atoms. The molecule has 3 nitrogen and oxygen atoms in total. The van der Waals surface area contributed by atoms with E-state index in [4.69, 9.17) is 5.73 Å². The van der Waals surface area contributed by atoms with Gasteiger partial charge < -0.3 is 5.73 Å². The molecule has 0 spiro atoms. The van der Waals surface area contributed by atoms with E-state index in [1.165, 1.54) is 6.42 Å². The summed E-state index contributed by atoms with van der Waals surface area (Å²) in [5, 5.41) is 9.20. The van der Waals surface area contributed by atoms with Gasteiger partial charge in [-0.05, 0) is 43.9 Å². The number of carbonyl (C=O) groups is 1. The number of hydrogen-bond acceptors (Lipinski definition) is 3. The summed E-state index contributed by atoms with van der Waals surface area (Å²) in [6.07, 6.45) is 5.36. The van der Waals surface area contributed by atoms with E-state index in [0.29, 0.717) is 16.8 Å². The minimum Gasteiger partial charge on any atom is -0.397 e. The van der Waals surface area contributed by atoms with Crippen molar-refractivity contribution in [3.8, 4) is 6.07 Å². The number of nitrogens with zero attached hydrogens (tertiary/aromatic N) is 1. The van der Waals surface area contributed by atoms with Crippen LogP contribution in [0.3, 0.4) is 0 Å². The topological polar surface area (TPSA) is 66.9 Å². The predicted molar refractivity (Wildman–Crippen MR) is 75.9 cm³/mol. The van der Waals surface area contributed by atoms with Crippen molar-refractivity contribution in [3.63, 3.8) is 0 Å². The molecule has 0 saturated heterocycles. The lowest BCUT2D eigenvalue weighted by molar-refractivity contribution is 0.0890. The maximum absolute atomic E-state index is 12.6. The zero-order chi connectivity index (χ0) is 14.0. The first-order valence-corrected chi connectivity index (χ1v) is 6.90. The van der Waals surface area contributed by atoms with Gasteiger partial charge in [-0.1, -0.05) is 19.3 Å². The number of benzene rings is 1. The lowest BCUT2D eigenvalue weighted by Crippen LogP contribution is -2.20. The van der Waals surface area contributed by atoms with Crippen LogP contribution in [-0.2, 0) is 0 Å². The zero-order valence-corrected chi connectivity index (χ0v) is 11.6. The number of nitriles is 1. The molecule has 0 amide bonds. The van der Waals surface area contributed by atoms with Crippen LogP contribution in [0.15, 0.2) is 6.07 Å². The van der Waals surface area contributed by atoms with Crippen molar-refractivity contribution in [2.75, 3.05) is 5.73 Å². The molecule has 2 rings (SSSR count). The third-order valence-corrected chi connectivity index (χ3v) is 4.24. The van der Waals surface area contributed by atoms with Crippen molar-refractivity contribution < 1.29 is 4.79 Å². The SMILES string of the molecule is Cc1cc(C(=O)C2CCCCC2)c(N)c(C#N)c1C. The zero-order valence-electron chi connectivity index (χ0n) is 11.6. The second-order valence-electron chi connectivity index (χ2n) is 5.47. The fourth-order valence-corrected chi connectivity index (χ4v) is 2.87. The molecule has 1 fully saturated rings. The number of rotatable bonds is 2. The van der Waals surface area contributed by atoms with Gasteiger partial charge in [0.15, 0.2) is 5.78 Å². The van der Waals surface area contributed by atoms with Gasteiger partial charge in [0.2, 0.25) is 0 Å². The average Bonchev–Trinajstić information content (AvgIpc) is 2.44. The van der Waals surface area contributed by atoms with Crippen LogP contribution in [0.5, 0.6) is 0 Å². The van der Waals surface area contributed by atoms with E-state index in [2.05, 4.69) is 6.07 Å². The minimum atomic E-state index is 0.0877. The lowest BCUT2D eigenvalue weighted by atomic mass is 9.82. The van der Waals surface area contributed by atoms with Crippen molar-refractivity contribution >= 4 is 11.5 Å². The van der Waals surface area contributed by atoms with E-state index in [0.717, 1.165) is 36.8 Å². The highest BCUT2D eigenvalue weighted by molar-refractivity contribution is 6.03. The third kappa shape index (κ3) is 2.49. The highest BCUT2D eigenvalue weighted by Gasteiger charge is 2.25. The lowest BCUT2D eigenvalue weighted by Gasteiger charge is -2.22. The molecule has 1 saturated carbocycles. The number of nitrogen functional groups attached to an aromatic ring is 1. The molecule has 0 unspecified atom stereocenters. The van der Waals surface area contributed by atoms with Gasteiger partial charge in [-0.3, -0.25) is 4.79 Å². The Morgan fingerprint density at radius 2 is 1.95 bits per heavy atom. The van der Waals surface area contributed by atoms with Gasteiger partial charge in [-0.15, -0.1) is 0 Å². The van der Waals surface area contributed by atoms with Crippen LogP contribution in [-0.4, -0.2) is 5.78 Å².